The van der Waals surface area contributed by atoms with Crippen LogP contribution in [0.4, 0.5) is 0 Å². The van der Waals surface area contributed by atoms with Gasteiger partial charge in [0.15, 0.2) is 17.7 Å². The third kappa shape index (κ3) is 4.79. The average molecular weight is 447 g/mol. The quantitative estimate of drug-likeness (QED) is 0.180. The lowest BCUT2D eigenvalue weighted by atomic mass is 10.1. The molecule has 1 aromatic heterocycles. The monoisotopic (exact) mass is 447 g/mol. The van der Waals surface area contributed by atoms with Gasteiger partial charge in [0.05, 0.1) is 0 Å². The van der Waals surface area contributed by atoms with Crippen molar-refractivity contribution >= 4 is 36.5 Å². The third-order valence-corrected chi connectivity index (χ3v) is 5.15. The lowest BCUT2D eigenvalue weighted by molar-refractivity contribution is 0.0470. The van der Waals surface area contributed by atoms with E-state index in [1.807, 2.05) is 0 Å². The zero-order valence-electron chi connectivity index (χ0n) is 16.6. The molecule has 0 spiro atoms. The second-order valence-corrected chi connectivity index (χ2v) is 7.52. The lowest BCUT2D eigenvalue weighted by Crippen LogP contribution is -2.20. The van der Waals surface area contributed by atoms with Crippen molar-refractivity contribution in [1.82, 2.24) is 0 Å². The van der Waals surface area contributed by atoms with E-state index in [1.54, 1.807) is 72.8 Å². The number of carbonyl (C=O) groups excluding carboxylic acids is 2. The van der Waals surface area contributed by atoms with Gasteiger partial charge in [-0.1, -0.05) is 22.8 Å². The molecule has 0 N–H and O–H groups in total. The Hall–Kier alpha value is -4.09. The summed E-state index contributed by atoms with van der Waals surface area (Å²) in [7, 11) is -0.529. The summed E-state index contributed by atoms with van der Waals surface area (Å²) in [4.78, 5) is 36.7. The Labute approximate surface area is 183 Å². The van der Waals surface area contributed by atoms with Crippen LogP contribution < -0.4 is 15.7 Å². The molecule has 0 aliphatic heterocycles. The molecule has 7 nitrogen and oxygen atoms in total. The fraction of sp³-hybridized carbons (Fsp3) is 0.0417. The van der Waals surface area contributed by atoms with E-state index in [9.17, 15) is 18.9 Å². The van der Waals surface area contributed by atoms with Gasteiger partial charge in [-0.3, -0.25) is 4.79 Å². The first-order chi connectivity index (χ1) is 15.5. The SMILES string of the molecule is O=[PH+]c1ccc(Oc2ccc(C(=O)COC(=O)c3cc4ccccc4oc3=O)cc2)cc1. The van der Waals surface area contributed by atoms with Crippen LogP contribution in [0, 0.1) is 0 Å². The second kappa shape index (κ2) is 9.37. The maximum Gasteiger partial charge on any atom is 0.363 e. The molecule has 0 bridgehead atoms. The summed E-state index contributed by atoms with van der Waals surface area (Å²) in [6.45, 7) is -0.525. The molecule has 4 aromatic rings. The average Bonchev–Trinajstić information content (AvgIpc) is 2.83. The molecule has 0 radical (unpaired) electrons. The molecule has 3 aromatic carbocycles. The van der Waals surface area contributed by atoms with Crippen LogP contribution in [0.1, 0.15) is 20.7 Å². The Morgan fingerprint density at radius 3 is 2.22 bits per heavy atom. The van der Waals surface area contributed by atoms with Crippen LogP contribution in [-0.4, -0.2) is 18.4 Å². The largest absolute Gasteiger partial charge is 0.457 e. The molecular weight excluding hydrogens is 431 g/mol. The molecule has 0 saturated heterocycles. The van der Waals surface area contributed by atoms with E-state index in [1.165, 1.54) is 6.07 Å². The Morgan fingerprint density at radius 2 is 1.53 bits per heavy atom. The molecular formula is C24H16O7P+. The highest BCUT2D eigenvalue weighted by Crippen LogP contribution is 2.21. The van der Waals surface area contributed by atoms with Gasteiger partial charge in [-0.05, 0) is 60.7 Å². The number of rotatable bonds is 7. The topological polar surface area (TPSA) is 99.9 Å². The number of carbonyl (C=O) groups is 2. The highest BCUT2D eigenvalue weighted by atomic mass is 31.1. The molecule has 0 aliphatic rings. The van der Waals surface area contributed by atoms with Crippen molar-refractivity contribution < 1.29 is 28.0 Å². The molecule has 0 fully saturated rings. The van der Waals surface area contributed by atoms with Crippen molar-refractivity contribution in [1.29, 1.82) is 0 Å². The van der Waals surface area contributed by atoms with Crippen molar-refractivity contribution in [2.24, 2.45) is 0 Å². The summed E-state index contributed by atoms with van der Waals surface area (Å²) in [6, 6.07) is 21.2. The summed E-state index contributed by atoms with van der Waals surface area (Å²) in [5.41, 5.74) is -0.428. The first-order valence-corrected chi connectivity index (χ1v) is 10.4. The van der Waals surface area contributed by atoms with E-state index >= 15 is 0 Å². The van der Waals surface area contributed by atoms with Crippen LogP contribution in [0.5, 0.6) is 11.5 Å². The van der Waals surface area contributed by atoms with Gasteiger partial charge in [-0.2, -0.15) is 0 Å². The highest BCUT2D eigenvalue weighted by molar-refractivity contribution is 7.34. The number of Topliss-reactive ketones (excluding diaryl/α,β-unsaturated/α-hetero) is 1. The summed E-state index contributed by atoms with van der Waals surface area (Å²) in [6.07, 6.45) is 0. The van der Waals surface area contributed by atoms with E-state index in [4.69, 9.17) is 13.9 Å². The van der Waals surface area contributed by atoms with Crippen LogP contribution in [0.25, 0.3) is 11.0 Å². The summed E-state index contributed by atoms with van der Waals surface area (Å²) in [5.74, 6) is -0.297. The molecule has 0 amide bonds. The number of benzene rings is 3. The number of esters is 1. The Kier molecular flexibility index (Phi) is 6.19. The number of ether oxygens (including phenoxy) is 2. The van der Waals surface area contributed by atoms with Crippen LogP contribution in [-0.2, 0) is 9.30 Å². The van der Waals surface area contributed by atoms with Crippen molar-refractivity contribution in [3.05, 3.63) is 100 Å². The van der Waals surface area contributed by atoms with E-state index in [2.05, 4.69) is 0 Å². The summed E-state index contributed by atoms with van der Waals surface area (Å²) in [5, 5.41) is 1.26. The number of fused-ring (bicyclic) bond motifs is 1. The normalized spacial score (nSPS) is 10.8. The second-order valence-electron chi connectivity index (χ2n) is 6.74. The van der Waals surface area contributed by atoms with Crippen LogP contribution in [0.3, 0.4) is 0 Å². The zero-order chi connectivity index (χ0) is 22.5. The molecule has 0 saturated carbocycles. The molecule has 1 atom stereocenters. The highest BCUT2D eigenvalue weighted by Gasteiger charge is 2.17. The first-order valence-electron chi connectivity index (χ1n) is 9.53. The van der Waals surface area contributed by atoms with Crippen molar-refractivity contribution in [3.63, 3.8) is 0 Å². The first kappa shape index (κ1) is 21.2. The Balaban J connectivity index is 1.38. The molecule has 0 aliphatic carbocycles. The Morgan fingerprint density at radius 1 is 0.875 bits per heavy atom. The summed E-state index contributed by atoms with van der Waals surface area (Å²) < 4.78 is 26.7. The maximum atomic E-state index is 12.4. The fourth-order valence-electron chi connectivity index (χ4n) is 2.93. The van der Waals surface area contributed by atoms with Crippen LogP contribution in [0.2, 0.25) is 0 Å². The third-order valence-electron chi connectivity index (χ3n) is 4.58. The van der Waals surface area contributed by atoms with Crippen molar-refractivity contribution in [2.45, 2.75) is 0 Å². The predicted octanol–water partition coefficient (Wildman–Crippen LogP) is 4.27. The maximum absolute atomic E-state index is 12.4. The molecule has 32 heavy (non-hydrogen) atoms. The number of ketones is 1. The summed E-state index contributed by atoms with van der Waals surface area (Å²) >= 11 is 0. The van der Waals surface area contributed by atoms with Crippen LogP contribution >= 0.6 is 8.46 Å². The van der Waals surface area contributed by atoms with Crippen molar-refractivity contribution in [2.75, 3.05) is 6.61 Å². The molecule has 4 rings (SSSR count). The van der Waals surface area contributed by atoms with Gasteiger partial charge in [0.1, 0.15) is 22.6 Å². The van der Waals surface area contributed by atoms with Gasteiger partial charge >= 0.3 is 20.1 Å². The van der Waals surface area contributed by atoms with Crippen molar-refractivity contribution in [3.8, 4) is 11.5 Å². The number of hydrogen-bond acceptors (Lipinski definition) is 7. The molecule has 8 heteroatoms. The lowest BCUT2D eigenvalue weighted by Gasteiger charge is -2.07. The van der Waals surface area contributed by atoms with Gasteiger partial charge in [0.2, 0.25) is 0 Å². The van der Waals surface area contributed by atoms with Gasteiger partial charge in [0, 0.05) is 10.9 Å². The minimum absolute atomic E-state index is 0.274. The van der Waals surface area contributed by atoms with Crippen LogP contribution in [0.15, 0.2) is 88.1 Å². The van der Waals surface area contributed by atoms with Gasteiger partial charge in [0.25, 0.3) is 0 Å². The minimum atomic E-state index is -0.931. The Bertz CT molecular complexity index is 1360. The predicted molar refractivity (Wildman–Crippen MR) is 119 cm³/mol. The number of para-hydroxylation sites is 1. The van der Waals surface area contributed by atoms with E-state index in [0.717, 1.165) is 0 Å². The fourth-order valence-corrected chi connectivity index (χ4v) is 3.24. The zero-order valence-corrected chi connectivity index (χ0v) is 17.6. The number of hydrogen-bond donors (Lipinski definition) is 0. The van der Waals surface area contributed by atoms with E-state index in [0.29, 0.717) is 33.3 Å². The molecule has 1 unspecified atom stereocenters. The van der Waals surface area contributed by atoms with Gasteiger partial charge in [-0.25, -0.2) is 9.59 Å². The molecule has 1 heterocycles. The van der Waals surface area contributed by atoms with E-state index in [-0.39, 0.29) is 5.56 Å². The van der Waals surface area contributed by atoms with Gasteiger partial charge < -0.3 is 13.9 Å². The smallest absolute Gasteiger partial charge is 0.363 e. The molecule has 158 valence electrons. The minimum Gasteiger partial charge on any atom is -0.457 e. The van der Waals surface area contributed by atoms with Gasteiger partial charge in [-0.15, -0.1) is 0 Å². The standard InChI is InChI=1S/C24H15O7P/c25-21(14-29-23(26)20-13-16-3-1-2-4-22(16)31-24(20)27)15-5-7-17(8-6-15)30-18-9-11-19(32-28)12-10-18/h1-13H,14H2/p+1. The van der Waals surface area contributed by atoms with E-state index < -0.39 is 32.4 Å².